The zero-order valence-corrected chi connectivity index (χ0v) is 13.3. The molecule has 0 aromatic heterocycles. The molecule has 0 amide bonds. The summed E-state index contributed by atoms with van der Waals surface area (Å²) in [6.45, 7) is 3.69. The SMILES string of the molecule is Cc1ccc(NS(=O)(=O)c2ccc(C)c(Cl)c2)c(Cl)c1. The standard InChI is InChI=1S/C14H13Cl2NO2S/c1-9-3-6-14(13(16)7-9)17-20(18,19)11-5-4-10(2)12(15)8-11/h3-8,17H,1-2H3. The van der Waals surface area contributed by atoms with Crippen LogP contribution in [0.2, 0.25) is 10.0 Å². The maximum Gasteiger partial charge on any atom is 0.261 e. The van der Waals surface area contributed by atoms with E-state index in [1.807, 2.05) is 13.8 Å². The summed E-state index contributed by atoms with van der Waals surface area (Å²) in [5, 5.41) is 0.759. The van der Waals surface area contributed by atoms with E-state index in [1.54, 1.807) is 24.3 Å². The highest BCUT2D eigenvalue weighted by Gasteiger charge is 2.16. The van der Waals surface area contributed by atoms with E-state index in [0.29, 0.717) is 15.7 Å². The van der Waals surface area contributed by atoms with E-state index in [1.165, 1.54) is 12.1 Å². The maximum atomic E-state index is 12.3. The van der Waals surface area contributed by atoms with Crippen molar-refractivity contribution in [3.05, 3.63) is 57.6 Å². The number of hydrogen-bond acceptors (Lipinski definition) is 2. The van der Waals surface area contributed by atoms with E-state index in [-0.39, 0.29) is 4.90 Å². The lowest BCUT2D eigenvalue weighted by Crippen LogP contribution is -2.13. The largest absolute Gasteiger partial charge is 0.278 e. The molecule has 0 aliphatic rings. The first-order valence-electron chi connectivity index (χ1n) is 5.85. The number of hydrogen-bond donors (Lipinski definition) is 1. The molecule has 3 nitrogen and oxygen atoms in total. The van der Waals surface area contributed by atoms with Crippen LogP contribution in [-0.4, -0.2) is 8.42 Å². The van der Waals surface area contributed by atoms with Gasteiger partial charge in [-0.25, -0.2) is 8.42 Å². The highest BCUT2D eigenvalue weighted by Crippen LogP contribution is 2.27. The molecule has 2 aromatic carbocycles. The quantitative estimate of drug-likeness (QED) is 0.906. The molecule has 2 aromatic rings. The number of sulfonamides is 1. The van der Waals surface area contributed by atoms with Crippen LogP contribution in [0.15, 0.2) is 41.3 Å². The molecule has 0 saturated carbocycles. The van der Waals surface area contributed by atoms with Crippen LogP contribution in [-0.2, 0) is 10.0 Å². The third-order valence-electron chi connectivity index (χ3n) is 2.82. The summed E-state index contributed by atoms with van der Waals surface area (Å²) in [6.07, 6.45) is 0. The van der Waals surface area contributed by atoms with E-state index >= 15 is 0 Å². The summed E-state index contributed by atoms with van der Waals surface area (Å²) in [5.74, 6) is 0. The summed E-state index contributed by atoms with van der Waals surface area (Å²) in [4.78, 5) is 0.102. The first-order chi connectivity index (χ1) is 9.29. The smallest absolute Gasteiger partial charge is 0.261 e. The minimum absolute atomic E-state index is 0.102. The van der Waals surface area contributed by atoms with Crippen LogP contribution in [0.5, 0.6) is 0 Å². The molecular formula is C14H13Cl2NO2S. The highest BCUT2D eigenvalue weighted by atomic mass is 35.5. The lowest BCUT2D eigenvalue weighted by atomic mass is 10.2. The highest BCUT2D eigenvalue weighted by molar-refractivity contribution is 7.92. The Morgan fingerprint density at radius 2 is 1.65 bits per heavy atom. The third-order valence-corrected chi connectivity index (χ3v) is 4.91. The summed E-state index contributed by atoms with van der Waals surface area (Å²) < 4.78 is 27.0. The second kappa shape index (κ2) is 5.64. The van der Waals surface area contributed by atoms with Crippen molar-refractivity contribution < 1.29 is 8.42 Å². The van der Waals surface area contributed by atoms with Crippen LogP contribution in [0.3, 0.4) is 0 Å². The number of aryl methyl sites for hydroxylation is 2. The molecular weight excluding hydrogens is 317 g/mol. The van der Waals surface area contributed by atoms with Crippen molar-refractivity contribution in [1.29, 1.82) is 0 Å². The third kappa shape index (κ3) is 3.26. The summed E-state index contributed by atoms with van der Waals surface area (Å²) in [7, 11) is -3.71. The van der Waals surface area contributed by atoms with Crippen LogP contribution in [0.1, 0.15) is 11.1 Å². The van der Waals surface area contributed by atoms with Gasteiger partial charge in [0, 0.05) is 5.02 Å². The summed E-state index contributed by atoms with van der Waals surface area (Å²) in [5.41, 5.74) is 2.12. The van der Waals surface area contributed by atoms with Gasteiger partial charge >= 0.3 is 0 Å². The van der Waals surface area contributed by atoms with Gasteiger partial charge in [0.05, 0.1) is 15.6 Å². The van der Waals surface area contributed by atoms with E-state index in [4.69, 9.17) is 23.2 Å². The van der Waals surface area contributed by atoms with Gasteiger partial charge in [-0.2, -0.15) is 0 Å². The zero-order chi connectivity index (χ0) is 14.9. The van der Waals surface area contributed by atoms with Crippen LogP contribution in [0, 0.1) is 13.8 Å². The molecule has 0 aliphatic heterocycles. The molecule has 2 rings (SSSR count). The van der Waals surface area contributed by atoms with Crippen molar-refractivity contribution >= 4 is 38.9 Å². The predicted octanol–water partition coefficient (Wildman–Crippen LogP) is 4.41. The van der Waals surface area contributed by atoms with Crippen molar-refractivity contribution in [3.8, 4) is 0 Å². The normalized spacial score (nSPS) is 11.4. The van der Waals surface area contributed by atoms with Gasteiger partial charge < -0.3 is 0 Å². The second-order valence-electron chi connectivity index (χ2n) is 4.50. The first-order valence-corrected chi connectivity index (χ1v) is 8.08. The Kier molecular flexibility index (Phi) is 4.28. The molecule has 0 saturated heterocycles. The number of rotatable bonds is 3. The van der Waals surface area contributed by atoms with E-state index < -0.39 is 10.0 Å². The van der Waals surface area contributed by atoms with E-state index in [2.05, 4.69) is 4.72 Å². The Labute approximate surface area is 128 Å². The number of halogens is 2. The number of benzene rings is 2. The number of nitrogens with one attached hydrogen (secondary N) is 1. The Bertz CT molecular complexity index is 758. The van der Waals surface area contributed by atoms with Crippen molar-refractivity contribution in [2.24, 2.45) is 0 Å². The van der Waals surface area contributed by atoms with Gasteiger partial charge in [-0.15, -0.1) is 0 Å². The molecule has 1 N–H and O–H groups in total. The molecule has 6 heteroatoms. The Morgan fingerprint density at radius 1 is 0.950 bits per heavy atom. The molecule has 0 heterocycles. The minimum Gasteiger partial charge on any atom is -0.278 e. The van der Waals surface area contributed by atoms with Gasteiger partial charge in [0.15, 0.2) is 0 Å². The molecule has 0 atom stereocenters. The van der Waals surface area contributed by atoms with Crippen LogP contribution in [0.25, 0.3) is 0 Å². The lowest BCUT2D eigenvalue weighted by Gasteiger charge is -2.11. The molecule has 106 valence electrons. The summed E-state index contributed by atoms with van der Waals surface area (Å²) >= 11 is 12.0. The summed E-state index contributed by atoms with van der Waals surface area (Å²) in [6, 6.07) is 9.69. The molecule has 0 fully saturated rings. The molecule has 0 unspecified atom stereocenters. The van der Waals surface area contributed by atoms with E-state index in [9.17, 15) is 8.42 Å². The van der Waals surface area contributed by atoms with Crippen molar-refractivity contribution in [3.63, 3.8) is 0 Å². The second-order valence-corrected chi connectivity index (χ2v) is 7.00. The van der Waals surface area contributed by atoms with Gasteiger partial charge in [-0.1, -0.05) is 35.3 Å². The fourth-order valence-electron chi connectivity index (χ4n) is 1.65. The van der Waals surface area contributed by atoms with Crippen molar-refractivity contribution in [2.45, 2.75) is 18.7 Å². The fraction of sp³-hybridized carbons (Fsp3) is 0.143. The molecule has 0 aliphatic carbocycles. The Balaban J connectivity index is 2.38. The first kappa shape index (κ1) is 15.2. The molecule has 0 spiro atoms. The fourth-order valence-corrected chi connectivity index (χ4v) is 3.34. The zero-order valence-electron chi connectivity index (χ0n) is 10.9. The predicted molar refractivity (Wildman–Crippen MR) is 83.2 cm³/mol. The maximum absolute atomic E-state index is 12.3. The van der Waals surface area contributed by atoms with Gasteiger partial charge in [0.25, 0.3) is 10.0 Å². The Hall–Kier alpha value is -1.23. The van der Waals surface area contributed by atoms with Gasteiger partial charge in [-0.3, -0.25) is 4.72 Å². The lowest BCUT2D eigenvalue weighted by molar-refractivity contribution is 0.601. The monoisotopic (exact) mass is 329 g/mol. The molecule has 20 heavy (non-hydrogen) atoms. The molecule has 0 bridgehead atoms. The Morgan fingerprint density at radius 3 is 2.25 bits per heavy atom. The average Bonchev–Trinajstić information content (AvgIpc) is 2.36. The van der Waals surface area contributed by atoms with Gasteiger partial charge in [0.2, 0.25) is 0 Å². The van der Waals surface area contributed by atoms with Crippen molar-refractivity contribution in [1.82, 2.24) is 0 Å². The average molecular weight is 330 g/mol. The van der Waals surface area contributed by atoms with Crippen molar-refractivity contribution in [2.75, 3.05) is 4.72 Å². The van der Waals surface area contributed by atoms with Crippen LogP contribution >= 0.6 is 23.2 Å². The minimum atomic E-state index is -3.71. The topological polar surface area (TPSA) is 46.2 Å². The van der Waals surface area contributed by atoms with Crippen LogP contribution in [0.4, 0.5) is 5.69 Å². The van der Waals surface area contributed by atoms with E-state index in [0.717, 1.165) is 11.1 Å². The number of anilines is 1. The van der Waals surface area contributed by atoms with Gasteiger partial charge in [0.1, 0.15) is 0 Å². The van der Waals surface area contributed by atoms with Gasteiger partial charge in [-0.05, 0) is 49.2 Å². The molecule has 0 radical (unpaired) electrons. The van der Waals surface area contributed by atoms with Crippen LogP contribution < -0.4 is 4.72 Å².